The molecule has 0 saturated carbocycles. The molecule has 2 N–H and O–H groups in total. The van der Waals surface area contributed by atoms with Crippen LogP contribution in [0.3, 0.4) is 0 Å². The summed E-state index contributed by atoms with van der Waals surface area (Å²) in [5.74, 6) is -1.62. The molecule has 1 atom stereocenters. The molecule has 0 aliphatic carbocycles. The van der Waals surface area contributed by atoms with E-state index < -0.39 is 21.7 Å². The van der Waals surface area contributed by atoms with E-state index in [1.165, 1.54) is 12.1 Å². The maximum atomic E-state index is 11.8. The van der Waals surface area contributed by atoms with Gasteiger partial charge < -0.3 is 10.4 Å². The minimum Gasteiger partial charge on any atom is -0.478 e. The lowest BCUT2D eigenvalue weighted by Crippen LogP contribution is -2.32. The number of benzene rings is 1. The van der Waals surface area contributed by atoms with Crippen LogP contribution < -0.4 is 5.32 Å². The number of carbonyl (C=O) groups is 2. The van der Waals surface area contributed by atoms with Crippen molar-refractivity contribution >= 4 is 21.7 Å². The van der Waals surface area contributed by atoms with Gasteiger partial charge in [0.25, 0.3) is 0 Å². The first-order chi connectivity index (χ1) is 9.87. The fraction of sp³-hybridized carbons (Fsp3) is 0.429. The fourth-order valence-electron chi connectivity index (χ4n) is 2.29. The summed E-state index contributed by atoms with van der Waals surface area (Å²) >= 11 is 0. The third kappa shape index (κ3) is 4.29. The summed E-state index contributed by atoms with van der Waals surface area (Å²) in [5, 5.41) is 11.5. The lowest BCUT2D eigenvalue weighted by molar-refractivity contribution is -0.124. The Morgan fingerprint density at radius 3 is 2.43 bits per heavy atom. The Balaban J connectivity index is 1.79. The SMILES string of the molecule is O=C(O)c1ccc(CCNC(=O)[C@@H]2CCS(=O)(=O)C2)cc1. The molecule has 0 unspecified atom stereocenters. The molecule has 7 heteroatoms. The van der Waals surface area contributed by atoms with Crippen molar-refractivity contribution in [1.29, 1.82) is 0 Å². The topological polar surface area (TPSA) is 101 Å². The molecular formula is C14H17NO5S. The number of rotatable bonds is 5. The number of carboxylic acid groups (broad SMARTS) is 1. The van der Waals surface area contributed by atoms with Crippen molar-refractivity contribution in [1.82, 2.24) is 5.32 Å². The van der Waals surface area contributed by atoms with Gasteiger partial charge in [0.15, 0.2) is 9.84 Å². The van der Waals surface area contributed by atoms with Gasteiger partial charge in [-0.25, -0.2) is 13.2 Å². The highest BCUT2D eigenvalue weighted by Gasteiger charge is 2.32. The summed E-state index contributed by atoms with van der Waals surface area (Å²) in [7, 11) is -3.05. The smallest absolute Gasteiger partial charge is 0.335 e. The molecule has 1 aliphatic heterocycles. The number of carboxylic acids is 1. The number of carbonyl (C=O) groups excluding carboxylic acids is 1. The van der Waals surface area contributed by atoms with E-state index in [2.05, 4.69) is 5.32 Å². The Kier molecular flexibility index (Phi) is 4.62. The van der Waals surface area contributed by atoms with Crippen molar-refractivity contribution in [2.24, 2.45) is 5.92 Å². The van der Waals surface area contributed by atoms with Gasteiger partial charge in [-0.15, -0.1) is 0 Å². The number of hydrogen-bond donors (Lipinski definition) is 2. The molecule has 2 rings (SSSR count). The quantitative estimate of drug-likeness (QED) is 0.823. The van der Waals surface area contributed by atoms with E-state index in [1.54, 1.807) is 12.1 Å². The van der Waals surface area contributed by atoms with E-state index in [9.17, 15) is 18.0 Å². The molecular weight excluding hydrogens is 294 g/mol. The summed E-state index contributed by atoms with van der Waals surface area (Å²) in [4.78, 5) is 22.5. The van der Waals surface area contributed by atoms with Crippen LogP contribution in [0.4, 0.5) is 0 Å². The molecule has 0 aromatic heterocycles. The number of amides is 1. The predicted octanol–water partition coefficient (Wildman–Crippen LogP) is 0.478. The van der Waals surface area contributed by atoms with Gasteiger partial charge in [-0.05, 0) is 30.5 Å². The van der Waals surface area contributed by atoms with E-state index in [-0.39, 0.29) is 23.0 Å². The van der Waals surface area contributed by atoms with Crippen molar-refractivity contribution in [3.63, 3.8) is 0 Å². The Labute approximate surface area is 123 Å². The second-order valence-corrected chi connectivity index (χ2v) is 7.37. The van der Waals surface area contributed by atoms with Crippen molar-refractivity contribution in [3.8, 4) is 0 Å². The first kappa shape index (κ1) is 15.5. The maximum Gasteiger partial charge on any atom is 0.335 e. The van der Waals surface area contributed by atoms with Crippen molar-refractivity contribution in [2.75, 3.05) is 18.1 Å². The summed E-state index contributed by atoms with van der Waals surface area (Å²) in [6.45, 7) is 0.405. The summed E-state index contributed by atoms with van der Waals surface area (Å²) in [5.41, 5.74) is 1.14. The summed E-state index contributed by atoms with van der Waals surface area (Å²) in [6, 6.07) is 6.44. The number of nitrogens with one attached hydrogen (secondary N) is 1. The van der Waals surface area contributed by atoms with E-state index in [1.807, 2.05) is 0 Å². The molecule has 6 nitrogen and oxygen atoms in total. The van der Waals surface area contributed by atoms with Gasteiger partial charge in [-0.2, -0.15) is 0 Å². The molecule has 1 aliphatic rings. The largest absolute Gasteiger partial charge is 0.478 e. The number of sulfone groups is 1. The average Bonchev–Trinajstić information content (AvgIpc) is 2.79. The maximum absolute atomic E-state index is 11.8. The van der Waals surface area contributed by atoms with Crippen LogP contribution in [0.15, 0.2) is 24.3 Å². The van der Waals surface area contributed by atoms with Crippen LogP contribution in [0.1, 0.15) is 22.3 Å². The third-order valence-corrected chi connectivity index (χ3v) is 5.28. The third-order valence-electron chi connectivity index (χ3n) is 3.52. The summed E-state index contributed by atoms with van der Waals surface area (Å²) < 4.78 is 22.6. The summed E-state index contributed by atoms with van der Waals surface area (Å²) in [6.07, 6.45) is 0.965. The monoisotopic (exact) mass is 311 g/mol. The Hall–Kier alpha value is -1.89. The zero-order chi connectivity index (χ0) is 15.5. The molecule has 0 spiro atoms. The first-order valence-electron chi connectivity index (χ1n) is 6.68. The Morgan fingerprint density at radius 1 is 1.24 bits per heavy atom. The molecule has 0 radical (unpaired) electrons. The molecule has 1 fully saturated rings. The van der Waals surface area contributed by atoms with Crippen LogP contribution in [0.5, 0.6) is 0 Å². The highest BCUT2D eigenvalue weighted by Crippen LogP contribution is 2.18. The zero-order valence-electron chi connectivity index (χ0n) is 11.4. The Morgan fingerprint density at radius 2 is 1.90 bits per heavy atom. The molecule has 1 aromatic rings. The molecule has 0 bridgehead atoms. The minimum absolute atomic E-state index is 0.0634. The lowest BCUT2D eigenvalue weighted by Gasteiger charge is -2.09. The van der Waals surface area contributed by atoms with Crippen molar-refractivity contribution < 1.29 is 23.1 Å². The first-order valence-corrected chi connectivity index (χ1v) is 8.50. The molecule has 1 saturated heterocycles. The van der Waals surface area contributed by atoms with Crippen LogP contribution in [0.25, 0.3) is 0 Å². The Bertz CT molecular complexity index is 636. The fourth-order valence-corrected chi connectivity index (χ4v) is 4.03. The number of aromatic carboxylic acids is 1. The van der Waals surface area contributed by atoms with Gasteiger partial charge in [0.05, 0.1) is 23.0 Å². The lowest BCUT2D eigenvalue weighted by atomic mass is 10.1. The van der Waals surface area contributed by atoms with Crippen LogP contribution >= 0.6 is 0 Å². The molecule has 114 valence electrons. The molecule has 1 amide bonds. The van der Waals surface area contributed by atoms with E-state index in [0.29, 0.717) is 19.4 Å². The molecule has 1 aromatic carbocycles. The van der Waals surface area contributed by atoms with Gasteiger partial charge >= 0.3 is 5.97 Å². The van der Waals surface area contributed by atoms with Gasteiger partial charge in [-0.3, -0.25) is 4.79 Å². The number of hydrogen-bond acceptors (Lipinski definition) is 4. The van der Waals surface area contributed by atoms with Gasteiger partial charge in [0.1, 0.15) is 0 Å². The molecule has 21 heavy (non-hydrogen) atoms. The normalized spacial score (nSPS) is 20.1. The second-order valence-electron chi connectivity index (χ2n) is 5.14. The van der Waals surface area contributed by atoms with Crippen LogP contribution in [-0.4, -0.2) is 43.5 Å². The predicted molar refractivity (Wildman–Crippen MR) is 76.9 cm³/mol. The zero-order valence-corrected chi connectivity index (χ0v) is 12.2. The molecule has 1 heterocycles. The van der Waals surface area contributed by atoms with Crippen molar-refractivity contribution in [3.05, 3.63) is 35.4 Å². The van der Waals surface area contributed by atoms with Gasteiger partial charge in [0.2, 0.25) is 5.91 Å². The van der Waals surface area contributed by atoms with Crippen LogP contribution in [0.2, 0.25) is 0 Å². The van der Waals surface area contributed by atoms with Gasteiger partial charge in [0, 0.05) is 6.54 Å². The van der Waals surface area contributed by atoms with Crippen LogP contribution in [-0.2, 0) is 21.1 Å². The van der Waals surface area contributed by atoms with Gasteiger partial charge in [-0.1, -0.05) is 12.1 Å². The highest BCUT2D eigenvalue weighted by atomic mass is 32.2. The van der Waals surface area contributed by atoms with E-state index in [0.717, 1.165) is 5.56 Å². The van der Waals surface area contributed by atoms with Crippen LogP contribution in [0, 0.1) is 5.92 Å². The highest BCUT2D eigenvalue weighted by molar-refractivity contribution is 7.91. The van der Waals surface area contributed by atoms with E-state index >= 15 is 0 Å². The second kappa shape index (κ2) is 6.26. The average molecular weight is 311 g/mol. The standard InChI is InChI=1S/C14H17NO5S/c16-13(12-6-8-21(19,20)9-12)15-7-5-10-1-3-11(4-2-10)14(17)18/h1-4,12H,5-9H2,(H,15,16)(H,17,18)/t12-/m1/s1. The van der Waals surface area contributed by atoms with E-state index in [4.69, 9.17) is 5.11 Å². The van der Waals surface area contributed by atoms with Crippen molar-refractivity contribution in [2.45, 2.75) is 12.8 Å². The minimum atomic E-state index is -3.05.